The first kappa shape index (κ1) is 13.9. The minimum atomic E-state index is 0.207. The van der Waals surface area contributed by atoms with Gasteiger partial charge in [0.15, 0.2) is 0 Å². The van der Waals surface area contributed by atoms with Crippen molar-refractivity contribution in [2.75, 3.05) is 13.2 Å². The molecule has 0 amide bonds. The van der Waals surface area contributed by atoms with Crippen LogP contribution in [0.15, 0.2) is 24.3 Å². The molecule has 1 saturated heterocycles. The smallest absolute Gasteiger partial charge is 0.119 e. The van der Waals surface area contributed by atoms with E-state index in [1.807, 2.05) is 12.1 Å². The monoisotopic (exact) mass is 275 g/mol. The number of hydrogen-bond donors (Lipinski definition) is 1. The summed E-state index contributed by atoms with van der Waals surface area (Å²) < 4.78 is 12.1. The van der Waals surface area contributed by atoms with Crippen molar-refractivity contribution in [3.8, 4) is 5.75 Å². The van der Waals surface area contributed by atoms with E-state index in [4.69, 9.17) is 15.2 Å². The van der Waals surface area contributed by atoms with Crippen molar-refractivity contribution in [3.05, 3.63) is 29.8 Å². The second kappa shape index (κ2) is 6.15. The highest BCUT2D eigenvalue weighted by Crippen LogP contribution is 2.43. The molecule has 2 N–H and O–H groups in total. The normalized spacial score (nSPS) is 24.4. The quantitative estimate of drug-likeness (QED) is 0.898. The molecule has 0 aromatic heterocycles. The van der Waals surface area contributed by atoms with Crippen molar-refractivity contribution in [1.29, 1.82) is 0 Å². The zero-order chi connectivity index (χ0) is 13.8. The van der Waals surface area contributed by atoms with Gasteiger partial charge in [0.2, 0.25) is 0 Å². The Labute approximate surface area is 121 Å². The van der Waals surface area contributed by atoms with Gasteiger partial charge in [-0.25, -0.2) is 0 Å². The number of benzene rings is 1. The Balaban J connectivity index is 1.47. The van der Waals surface area contributed by atoms with Crippen LogP contribution in [0.1, 0.15) is 44.1 Å². The van der Waals surface area contributed by atoms with Gasteiger partial charge in [0.05, 0.1) is 11.7 Å². The van der Waals surface area contributed by atoms with Crippen molar-refractivity contribution < 1.29 is 9.47 Å². The van der Waals surface area contributed by atoms with Crippen LogP contribution in [0.5, 0.6) is 5.75 Å². The van der Waals surface area contributed by atoms with E-state index in [2.05, 4.69) is 12.1 Å². The molecule has 1 unspecified atom stereocenters. The second-order valence-corrected chi connectivity index (χ2v) is 6.16. The summed E-state index contributed by atoms with van der Waals surface area (Å²) in [6, 6.07) is 8.25. The Hall–Kier alpha value is -1.06. The maximum atomic E-state index is 6.25. The number of rotatable bonds is 5. The molecule has 1 saturated carbocycles. The van der Waals surface area contributed by atoms with Gasteiger partial charge >= 0.3 is 0 Å². The van der Waals surface area contributed by atoms with Crippen LogP contribution in [0.3, 0.4) is 0 Å². The lowest BCUT2D eigenvalue weighted by Crippen LogP contribution is -2.27. The van der Waals surface area contributed by atoms with Crippen LogP contribution in [-0.2, 0) is 11.2 Å². The summed E-state index contributed by atoms with van der Waals surface area (Å²) in [5.41, 5.74) is 7.02. The van der Waals surface area contributed by atoms with Crippen LogP contribution in [0, 0.1) is 0 Å². The molecule has 3 heteroatoms. The molecule has 1 spiro atoms. The Morgan fingerprint density at radius 1 is 1.15 bits per heavy atom. The lowest BCUT2D eigenvalue weighted by atomic mass is 9.98. The van der Waals surface area contributed by atoms with Crippen molar-refractivity contribution in [3.63, 3.8) is 0 Å². The van der Waals surface area contributed by atoms with Crippen molar-refractivity contribution in [1.82, 2.24) is 0 Å². The largest absolute Gasteiger partial charge is 0.491 e. The molecule has 1 heterocycles. The van der Waals surface area contributed by atoms with E-state index >= 15 is 0 Å². The van der Waals surface area contributed by atoms with Crippen molar-refractivity contribution >= 4 is 0 Å². The zero-order valence-corrected chi connectivity index (χ0v) is 12.1. The summed E-state index contributed by atoms with van der Waals surface area (Å²) in [5, 5.41) is 0. The number of nitrogens with two attached hydrogens (primary N) is 1. The predicted molar refractivity (Wildman–Crippen MR) is 80.0 cm³/mol. The lowest BCUT2D eigenvalue weighted by Gasteiger charge is -2.23. The third-order valence-electron chi connectivity index (χ3n) is 4.65. The first-order valence-corrected chi connectivity index (χ1v) is 7.89. The summed E-state index contributed by atoms with van der Waals surface area (Å²) in [7, 11) is 0. The number of ether oxygens (including phenoxy) is 2. The van der Waals surface area contributed by atoms with Crippen LogP contribution in [-0.4, -0.2) is 24.9 Å². The van der Waals surface area contributed by atoms with E-state index in [9.17, 15) is 0 Å². The fourth-order valence-corrected chi connectivity index (χ4v) is 3.51. The molecular weight excluding hydrogens is 250 g/mol. The highest BCUT2D eigenvalue weighted by atomic mass is 16.6. The van der Waals surface area contributed by atoms with Gasteiger partial charge in [-0.05, 0) is 56.3 Å². The van der Waals surface area contributed by atoms with Crippen LogP contribution in [0.4, 0.5) is 0 Å². The van der Waals surface area contributed by atoms with Crippen molar-refractivity contribution in [2.24, 2.45) is 5.73 Å². The van der Waals surface area contributed by atoms with Gasteiger partial charge in [-0.3, -0.25) is 0 Å². The van der Waals surface area contributed by atoms with Crippen LogP contribution >= 0.6 is 0 Å². The maximum absolute atomic E-state index is 6.25. The van der Waals surface area contributed by atoms with Gasteiger partial charge in [0, 0.05) is 0 Å². The van der Waals surface area contributed by atoms with Crippen LogP contribution < -0.4 is 10.5 Å². The summed E-state index contributed by atoms with van der Waals surface area (Å²) in [6.07, 6.45) is 8.72. The fourth-order valence-electron chi connectivity index (χ4n) is 3.51. The van der Waals surface area contributed by atoms with Gasteiger partial charge < -0.3 is 15.2 Å². The average molecular weight is 275 g/mol. The number of hydrogen-bond acceptors (Lipinski definition) is 3. The third kappa shape index (κ3) is 3.15. The molecule has 1 aromatic rings. The van der Waals surface area contributed by atoms with E-state index in [1.165, 1.54) is 37.7 Å². The van der Waals surface area contributed by atoms with Crippen LogP contribution in [0.2, 0.25) is 0 Å². The molecule has 2 fully saturated rings. The predicted octanol–water partition coefficient (Wildman–Crippen LogP) is 3.06. The molecule has 1 aliphatic heterocycles. The van der Waals surface area contributed by atoms with Gasteiger partial charge in [-0.15, -0.1) is 0 Å². The van der Waals surface area contributed by atoms with E-state index in [1.54, 1.807) is 0 Å². The minimum Gasteiger partial charge on any atom is -0.491 e. The average Bonchev–Trinajstić information content (AvgIpc) is 3.09. The third-order valence-corrected chi connectivity index (χ3v) is 4.65. The molecule has 3 rings (SSSR count). The molecular formula is C17H25NO2. The van der Waals surface area contributed by atoms with Crippen molar-refractivity contribution in [2.45, 2.75) is 56.7 Å². The Morgan fingerprint density at radius 3 is 2.60 bits per heavy atom. The zero-order valence-electron chi connectivity index (χ0n) is 12.1. The lowest BCUT2D eigenvalue weighted by molar-refractivity contribution is -0.0508. The van der Waals surface area contributed by atoms with E-state index in [-0.39, 0.29) is 11.7 Å². The highest BCUT2D eigenvalue weighted by molar-refractivity contribution is 5.27. The SMILES string of the molecule is NCCc1ccc(OCC2CCC3(CCCC3)O2)cc1. The van der Waals surface area contributed by atoms with E-state index < -0.39 is 0 Å². The van der Waals surface area contributed by atoms with Crippen LogP contribution in [0.25, 0.3) is 0 Å². The molecule has 3 nitrogen and oxygen atoms in total. The maximum Gasteiger partial charge on any atom is 0.119 e. The standard InChI is InChI=1S/C17H25NO2/c18-12-8-14-3-5-15(6-4-14)19-13-16-7-11-17(20-16)9-1-2-10-17/h3-6,16H,1-2,7-13,18H2. The molecule has 2 aliphatic rings. The summed E-state index contributed by atoms with van der Waals surface area (Å²) >= 11 is 0. The summed E-state index contributed by atoms with van der Waals surface area (Å²) in [5.74, 6) is 0.932. The molecule has 0 radical (unpaired) electrons. The Bertz CT molecular complexity index is 423. The molecule has 1 aromatic carbocycles. The molecule has 110 valence electrons. The summed E-state index contributed by atoms with van der Waals surface area (Å²) in [6.45, 7) is 1.37. The van der Waals surface area contributed by atoms with Gasteiger partial charge in [-0.2, -0.15) is 0 Å². The van der Waals surface area contributed by atoms with E-state index in [0.717, 1.165) is 18.6 Å². The second-order valence-electron chi connectivity index (χ2n) is 6.16. The van der Waals surface area contributed by atoms with E-state index in [0.29, 0.717) is 13.2 Å². The van der Waals surface area contributed by atoms with Gasteiger partial charge in [-0.1, -0.05) is 25.0 Å². The molecule has 0 bridgehead atoms. The first-order valence-electron chi connectivity index (χ1n) is 7.89. The van der Waals surface area contributed by atoms with Gasteiger partial charge in [0.1, 0.15) is 12.4 Å². The minimum absolute atomic E-state index is 0.207. The van der Waals surface area contributed by atoms with Gasteiger partial charge in [0.25, 0.3) is 0 Å². The molecule has 1 aliphatic carbocycles. The molecule has 20 heavy (non-hydrogen) atoms. The first-order chi connectivity index (χ1) is 9.80. The molecule has 1 atom stereocenters. The summed E-state index contributed by atoms with van der Waals surface area (Å²) in [4.78, 5) is 0. The topological polar surface area (TPSA) is 44.5 Å². The highest BCUT2D eigenvalue weighted by Gasteiger charge is 2.42. The fraction of sp³-hybridized carbons (Fsp3) is 0.647. The Kier molecular flexibility index (Phi) is 4.27. The Morgan fingerprint density at radius 2 is 1.90 bits per heavy atom.